The molecule has 0 saturated carbocycles. The van der Waals surface area contributed by atoms with E-state index in [4.69, 9.17) is 4.74 Å². The summed E-state index contributed by atoms with van der Waals surface area (Å²) >= 11 is 0. The first kappa shape index (κ1) is 22.1. The molecular weight excluding hydrogens is 416 g/mol. The summed E-state index contributed by atoms with van der Waals surface area (Å²) in [5, 5.41) is 9.77. The summed E-state index contributed by atoms with van der Waals surface area (Å²) in [6, 6.07) is 21.9. The Morgan fingerprint density at radius 1 is 1.00 bits per heavy atom. The number of ether oxygens (including phenoxy) is 1. The second-order valence-electron chi connectivity index (χ2n) is 7.97. The van der Waals surface area contributed by atoms with E-state index in [2.05, 4.69) is 40.3 Å². The van der Waals surface area contributed by atoms with E-state index < -0.39 is 5.91 Å². The van der Waals surface area contributed by atoms with E-state index in [1.807, 2.05) is 66.9 Å². The Kier molecular flexibility index (Phi) is 6.69. The summed E-state index contributed by atoms with van der Waals surface area (Å²) < 4.78 is 7.69. The van der Waals surface area contributed by atoms with Gasteiger partial charge in [0.05, 0.1) is 12.8 Å². The minimum Gasteiger partial charge on any atom is -0.484 e. The van der Waals surface area contributed by atoms with E-state index in [9.17, 15) is 9.59 Å². The number of aromatic nitrogens is 1. The minimum absolute atomic E-state index is 0.177. The molecule has 0 bridgehead atoms. The Morgan fingerprint density at radius 2 is 1.76 bits per heavy atom. The number of fused-ring (bicyclic) bond motifs is 2. The topological polar surface area (TPSA) is 84.7 Å². The molecule has 0 saturated heterocycles. The van der Waals surface area contributed by atoms with Crippen LogP contribution in [0, 0.1) is 0 Å². The van der Waals surface area contributed by atoms with Crippen molar-refractivity contribution >= 4 is 39.7 Å². The third kappa shape index (κ3) is 5.38. The molecule has 0 radical (unpaired) electrons. The highest BCUT2D eigenvalue weighted by atomic mass is 16.5. The average Bonchev–Trinajstić information content (AvgIpc) is 3.20. The fourth-order valence-electron chi connectivity index (χ4n) is 3.61. The Morgan fingerprint density at radius 3 is 2.58 bits per heavy atom. The summed E-state index contributed by atoms with van der Waals surface area (Å²) in [6.07, 6.45) is 3.63. The molecule has 0 fully saturated rings. The van der Waals surface area contributed by atoms with Crippen LogP contribution in [0.5, 0.6) is 5.75 Å². The van der Waals surface area contributed by atoms with E-state index in [-0.39, 0.29) is 19.1 Å². The Hall–Kier alpha value is -4.13. The normalized spacial score (nSPS) is 11.4. The highest BCUT2D eigenvalue weighted by Crippen LogP contribution is 2.23. The molecule has 0 atom stereocenters. The number of carbonyl (C=O) groups excluding carboxylic acids is 2. The van der Waals surface area contributed by atoms with Crippen LogP contribution in [0.15, 0.2) is 78.0 Å². The number of hydrazone groups is 1. The Labute approximate surface area is 192 Å². The molecule has 1 aromatic heterocycles. The molecule has 33 heavy (non-hydrogen) atoms. The number of para-hydroxylation sites is 1. The molecule has 4 rings (SSSR count). The number of benzene rings is 3. The molecule has 2 amide bonds. The van der Waals surface area contributed by atoms with E-state index >= 15 is 0 Å². The maximum Gasteiger partial charge on any atom is 0.259 e. The largest absolute Gasteiger partial charge is 0.484 e. The molecule has 0 aliphatic carbocycles. The summed E-state index contributed by atoms with van der Waals surface area (Å²) in [5.41, 5.74) is 4.47. The molecular formula is C26H26N4O3. The van der Waals surface area contributed by atoms with Crippen molar-refractivity contribution in [1.82, 2.24) is 15.3 Å². The van der Waals surface area contributed by atoms with Gasteiger partial charge in [-0.25, -0.2) is 5.43 Å². The van der Waals surface area contributed by atoms with E-state index in [1.54, 1.807) is 6.21 Å². The zero-order chi connectivity index (χ0) is 23.2. The van der Waals surface area contributed by atoms with Gasteiger partial charge in [-0.05, 0) is 42.8 Å². The quantitative estimate of drug-likeness (QED) is 0.319. The van der Waals surface area contributed by atoms with Gasteiger partial charge in [0, 0.05) is 28.7 Å². The summed E-state index contributed by atoms with van der Waals surface area (Å²) in [5.74, 6) is -0.210. The molecule has 0 spiro atoms. The first-order valence-electron chi connectivity index (χ1n) is 10.8. The molecule has 7 heteroatoms. The SMILES string of the molecule is CC(C)n1cc(/C=N\NC(=O)CNC(=O)COc2ccc3ccccc3c2)c2ccccc21. The van der Waals surface area contributed by atoms with Crippen molar-refractivity contribution in [2.45, 2.75) is 19.9 Å². The number of hydrogen-bond donors (Lipinski definition) is 2. The van der Waals surface area contributed by atoms with Gasteiger partial charge in [0.1, 0.15) is 5.75 Å². The van der Waals surface area contributed by atoms with Crippen molar-refractivity contribution in [3.63, 3.8) is 0 Å². The van der Waals surface area contributed by atoms with Crippen LogP contribution in [-0.2, 0) is 9.59 Å². The molecule has 0 aliphatic rings. The second kappa shape index (κ2) is 9.99. The van der Waals surface area contributed by atoms with Crippen LogP contribution >= 0.6 is 0 Å². The van der Waals surface area contributed by atoms with Crippen LogP contribution < -0.4 is 15.5 Å². The lowest BCUT2D eigenvalue weighted by Crippen LogP contribution is -2.37. The van der Waals surface area contributed by atoms with Gasteiger partial charge in [-0.3, -0.25) is 9.59 Å². The van der Waals surface area contributed by atoms with Crippen LogP contribution in [0.25, 0.3) is 21.7 Å². The van der Waals surface area contributed by atoms with E-state index in [0.29, 0.717) is 11.8 Å². The predicted octanol–water partition coefficient (Wildman–Crippen LogP) is 4.02. The van der Waals surface area contributed by atoms with Gasteiger partial charge in [0.25, 0.3) is 11.8 Å². The third-order valence-corrected chi connectivity index (χ3v) is 5.26. The number of nitrogens with zero attached hydrogens (tertiary/aromatic N) is 2. The van der Waals surface area contributed by atoms with Crippen LogP contribution in [0.2, 0.25) is 0 Å². The van der Waals surface area contributed by atoms with Gasteiger partial charge in [-0.15, -0.1) is 0 Å². The van der Waals surface area contributed by atoms with Crippen molar-refractivity contribution in [2.75, 3.05) is 13.2 Å². The first-order chi connectivity index (χ1) is 16.0. The fourth-order valence-corrected chi connectivity index (χ4v) is 3.61. The van der Waals surface area contributed by atoms with Gasteiger partial charge >= 0.3 is 0 Å². The van der Waals surface area contributed by atoms with Gasteiger partial charge in [0.15, 0.2) is 6.61 Å². The summed E-state index contributed by atoms with van der Waals surface area (Å²) in [7, 11) is 0. The monoisotopic (exact) mass is 442 g/mol. The molecule has 7 nitrogen and oxygen atoms in total. The van der Waals surface area contributed by atoms with Crippen molar-refractivity contribution in [2.24, 2.45) is 5.10 Å². The molecule has 2 N–H and O–H groups in total. The van der Waals surface area contributed by atoms with Crippen molar-refractivity contribution in [3.8, 4) is 5.75 Å². The van der Waals surface area contributed by atoms with Crippen LogP contribution in [-0.4, -0.2) is 35.7 Å². The maximum absolute atomic E-state index is 12.0. The van der Waals surface area contributed by atoms with Crippen LogP contribution in [0.4, 0.5) is 0 Å². The first-order valence-corrected chi connectivity index (χ1v) is 10.8. The van der Waals surface area contributed by atoms with Crippen molar-refractivity contribution in [1.29, 1.82) is 0 Å². The minimum atomic E-state index is -0.419. The maximum atomic E-state index is 12.0. The lowest BCUT2D eigenvalue weighted by Gasteiger charge is -2.08. The zero-order valence-electron chi connectivity index (χ0n) is 18.6. The van der Waals surface area contributed by atoms with Gasteiger partial charge in [-0.2, -0.15) is 5.10 Å². The highest BCUT2D eigenvalue weighted by molar-refractivity contribution is 5.99. The van der Waals surface area contributed by atoms with Crippen LogP contribution in [0.1, 0.15) is 25.5 Å². The summed E-state index contributed by atoms with van der Waals surface area (Å²) in [4.78, 5) is 24.1. The molecule has 168 valence electrons. The molecule has 0 unspecified atom stereocenters. The molecule has 3 aromatic carbocycles. The lowest BCUT2D eigenvalue weighted by atomic mass is 10.1. The Bertz CT molecular complexity index is 1320. The zero-order valence-corrected chi connectivity index (χ0v) is 18.6. The predicted molar refractivity (Wildman–Crippen MR) is 131 cm³/mol. The highest BCUT2D eigenvalue weighted by Gasteiger charge is 2.09. The standard InChI is InChI=1S/C26H26N4O3/c1-18(2)30-16-21(23-9-5-6-10-24(23)30)14-28-29-25(31)15-27-26(32)17-33-22-12-11-19-7-3-4-8-20(19)13-22/h3-14,16,18H,15,17H2,1-2H3,(H,27,32)(H,29,31)/b28-14-. The van der Waals surface area contributed by atoms with Gasteiger partial charge in [-0.1, -0.05) is 48.5 Å². The van der Waals surface area contributed by atoms with E-state index in [1.165, 1.54) is 0 Å². The smallest absolute Gasteiger partial charge is 0.259 e. The van der Waals surface area contributed by atoms with Crippen molar-refractivity contribution in [3.05, 3.63) is 78.5 Å². The fraction of sp³-hybridized carbons (Fsp3) is 0.192. The lowest BCUT2D eigenvalue weighted by molar-refractivity contribution is -0.127. The average molecular weight is 443 g/mol. The molecule has 4 aromatic rings. The summed E-state index contributed by atoms with van der Waals surface area (Å²) in [6.45, 7) is 3.86. The van der Waals surface area contributed by atoms with E-state index in [0.717, 1.165) is 27.2 Å². The number of amides is 2. The van der Waals surface area contributed by atoms with Crippen molar-refractivity contribution < 1.29 is 14.3 Å². The second-order valence-corrected chi connectivity index (χ2v) is 7.97. The number of carbonyl (C=O) groups is 2. The molecule has 1 heterocycles. The van der Waals surface area contributed by atoms with Gasteiger partial charge in [0.2, 0.25) is 0 Å². The van der Waals surface area contributed by atoms with Crippen LogP contribution in [0.3, 0.4) is 0 Å². The van der Waals surface area contributed by atoms with Gasteiger partial charge < -0.3 is 14.6 Å². The number of nitrogens with one attached hydrogen (secondary N) is 2. The number of rotatable bonds is 8. The molecule has 0 aliphatic heterocycles. The number of hydrogen-bond acceptors (Lipinski definition) is 4. The Balaban J connectivity index is 1.26. The third-order valence-electron chi connectivity index (χ3n) is 5.26.